The highest BCUT2D eigenvalue weighted by Crippen LogP contribution is 2.21. The van der Waals surface area contributed by atoms with Crippen molar-refractivity contribution in [2.24, 2.45) is 0 Å². The molecule has 124 valence electrons. The first-order valence-electron chi connectivity index (χ1n) is 6.28. The maximum Gasteiger partial charge on any atom is 0.511 e. The van der Waals surface area contributed by atoms with Gasteiger partial charge in [0, 0.05) is 39.3 Å². The second-order valence-electron chi connectivity index (χ2n) is 4.81. The van der Waals surface area contributed by atoms with E-state index in [1.807, 2.05) is 0 Å². The lowest BCUT2D eigenvalue weighted by Crippen LogP contribution is -2.47. The van der Waals surface area contributed by atoms with Gasteiger partial charge in [-0.2, -0.15) is 13.2 Å². The van der Waals surface area contributed by atoms with E-state index in [9.17, 15) is 26.4 Å². The number of carboxylic acid groups (broad SMARTS) is 1. The third kappa shape index (κ3) is 5.00. The summed E-state index contributed by atoms with van der Waals surface area (Å²) in [6.07, 6.45) is 0.107. The Morgan fingerprint density at radius 3 is 2.33 bits per heavy atom. The number of piperidine rings is 1. The van der Waals surface area contributed by atoms with Gasteiger partial charge in [0.2, 0.25) is 0 Å². The first kappa shape index (κ1) is 18.0. The largest absolute Gasteiger partial charge is 0.511 e. The number of likely N-dealkylation sites (tertiary alicyclic amines) is 1. The summed E-state index contributed by atoms with van der Waals surface area (Å²) in [5, 5.41) is 8.84. The van der Waals surface area contributed by atoms with Gasteiger partial charge in [-0.15, -0.1) is 0 Å². The van der Waals surface area contributed by atoms with Crippen LogP contribution in [0.3, 0.4) is 0 Å². The van der Waals surface area contributed by atoms with Gasteiger partial charge in [0.05, 0.1) is 0 Å². The van der Waals surface area contributed by atoms with Crippen LogP contribution in [0.1, 0.15) is 12.8 Å². The van der Waals surface area contributed by atoms with Crippen LogP contribution in [-0.2, 0) is 10.0 Å². The highest BCUT2D eigenvalue weighted by atomic mass is 32.2. The van der Waals surface area contributed by atoms with Crippen molar-refractivity contribution in [2.75, 3.05) is 33.2 Å². The molecule has 1 aliphatic rings. The van der Waals surface area contributed by atoms with E-state index in [-0.39, 0.29) is 19.1 Å². The normalized spacial score (nSPS) is 18.7. The van der Waals surface area contributed by atoms with Crippen molar-refractivity contribution in [1.29, 1.82) is 0 Å². The minimum absolute atomic E-state index is 0.120. The zero-order chi connectivity index (χ0) is 16.3. The molecule has 21 heavy (non-hydrogen) atoms. The second-order valence-corrected chi connectivity index (χ2v) is 6.57. The van der Waals surface area contributed by atoms with E-state index in [0.717, 1.165) is 0 Å². The summed E-state index contributed by atoms with van der Waals surface area (Å²) in [6.45, 7) is 0.839. The van der Waals surface area contributed by atoms with Gasteiger partial charge in [-0.3, -0.25) is 0 Å². The number of amides is 1. The predicted octanol–water partition coefficient (Wildman–Crippen LogP) is 0.500. The molecule has 1 fully saturated rings. The number of alkyl halides is 3. The zero-order valence-corrected chi connectivity index (χ0v) is 12.2. The first-order valence-corrected chi connectivity index (χ1v) is 7.77. The quantitative estimate of drug-likeness (QED) is 0.765. The summed E-state index contributed by atoms with van der Waals surface area (Å²) in [4.78, 5) is 13.8. The fourth-order valence-electron chi connectivity index (χ4n) is 2.11. The number of nitrogens with one attached hydrogen (secondary N) is 1. The van der Waals surface area contributed by atoms with Gasteiger partial charge < -0.3 is 14.9 Å². The Morgan fingerprint density at radius 2 is 1.90 bits per heavy atom. The Kier molecular flexibility index (Phi) is 5.82. The van der Waals surface area contributed by atoms with Crippen molar-refractivity contribution >= 4 is 16.1 Å². The Hall–Kier alpha value is -1.07. The lowest BCUT2D eigenvalue weighted by atomic mass is 10.0. The third-order valence-electron chi connectivity index (χ3n) is 3.43. The van der Waals surface area contributed by atoms with Gasteiger partial charge in [0.15, 0.2) is 0 Å². The average Bonchev–Trinajstić information content (AvgIpc) is 2.37. The second kappa shape index (κ2) is 6.79. The van der Waals surface area contributed by atoms with Crippen LogP contribution in [-0.4, -0.2) is 74.2 Å². The van der Waals surface area contributed by atoms with Gasteiger partial charge in [-0.05, 0) is 12.8 Å². The van der Waals surface area contributed by atoms with Crippen LogP contribution in [0.5, 0.6) is 0 Å². The standard InChI is InChI=1S/C10H18F3N3O4S/c1-15(9(17)18)8-2-5-16(6-3-8)7-4-14-21(19,20)10(11,12)13/h8,14H,2-7H2,1H3,(H,17,18). The number of hydrogen-bond acceptors (Lipinski definition) is 4. The highest BCUT2D eigenvalue weighted by Gasteiger charge is 2.45. The Morgan fingerprint density at radius 1 is 1.38 bits per heavy atom. The lowest BCUT2D eigenvalue weighted by molar-refractivity contribution is -0.0448. The van der Waals surface area contributed by atoms with Crippen LogP contribution in [0.2, 0.25) is 0 Å². The van der Waals surface area contributed by atoms with Crippen molar-refractivity contribution in [2.45, 2.75) is 24.4 Å². The summed E-state index contributed by atoms with van der Waals surface area (Å²) in [5.41, 5.74) is -5.30. The van der Waals surface area contributed by atoms with Crippen LogP contribution < -0.4 is 4.72 Å². The molecule has 0 aliphatic carbocycles. The molecule has 0 aromatic carbocycles. The van der Waals surface area contributed by atoms with Crippen LogP contribution in [0.15, 0.2) is 0 Å². The molecule has 0 unspecified atom stereocenters. The molecule has 2 N–H and O–H groups in total. The van der Waals surface area contributed by atoms with E-state index in [2.05, 4.69) is 0 Å². The molecule has 0 radical (unpaired) electrons. The van der Waals surface area contributed by atoms with E-state index in [0.29, 0.717) is 25.9 Å². The van der Waals surface area contributed by atoms with E-state index in [1.54, 1.807) is 4.90 Å². The van der Waals surface area contributed by atoms with Crippen LogP contribution in [0.4, 0.5) is 18.0 Å². The molecule has 0 aromatic rings. The maximum atomic E-state index is 12.1. The number of rotatable bonds is 5. The molecule has 11 heteroatoms. The topological polar surface area (TPSA) is 90.0 Å². The average molecular weight is 333 g/mol. The first-order chi connectivity index (χ1) is 9.54. The molecule has 0 aromatic heterocycles. The number of carbonyl (C=O) groups is 1. The van der Waals surface area contributed by atoms with Crippen LogP contribution >= 0.6 is 0 Å². The molecular formula is C10H18F3N3O4S. The number of nitrogens with zero attached hydrogens (tertiary/aromatic N) is 2. The number of halogens is 3. The minimum atomic E-state index is -5.30. The summed E-state index contributed by atoms with van der Waals surface area (Å²) >= 11 is 0. The van der Waals surface area contributed by atoms with Crippen molar-refractivity contribution in [1.82, 2.24) is 14.5 Å². The zero-order valence-electron chi connectivity index (χ0n) is 11.4. The minimum Gasteiger partial charge on any atom is -0.465 e. The summed E-state index contributed by atoms with van der Waals surface area (Å²) in [7, 11) is -3.82. The van der Waals surface area contributed by atoms with Gasteiger partial charge >= 0.3 is 21.6 Å². The summed E-state index contributed by atoms with van der Waals surface area (Å²) < 4.78 is 59.3. The SMILES string of the molecule is CN(C(=O)O)C1CCN(CCNS(=O)(=O)C(F)(F)F)CC1. The van der Waals surface area contributed by atoms with Gasteiger partial charge in [0.1, 0.15) is 0 Å². The molecule has 1 amide bonds. The molecule has 0 spiro atoms. The molecule has 0 bridgehead atoms. The molecule has 1 aliphatic heterocycles. The Balaban J connectivity index is 2.33. The monoisotopic (exact) mass is 333 g/mol. The Labute approximate surface area is 120 Å². The van der Waals surface area contributed by atoms with Crippen molar-refractivity contribution in [3.63, 3.8) is 0 Å². The van der Waals surface area contributed by atoms with Crippen molar-refractivity contribution < 1.29 is 31.5 Å². The molecule has 1 saturated heterocycles. The Bertz CT molecular complexity index is 461. The predicted molar refractivity (Wildman–Crippen MR) is 68.2 cm³/mol. The maximum absolute atomic E-state index is 12.1. The van der Waals surface area contributed by atoms with E-state index in [4.69, 9.17) is 5.11 Å². The van der Waals surface area contributed by atoms with Gasteiger partial charge in [0.25, 0.3) is 0 Å². The molecule has 1 heterocycles. The molecule has 1 rings (SSSR count). The smallest absolute Gasteiger partial charge is 0.465 e. The van der Waals surface area contributed by atoms with E-state index >= 15 is 0 Å². The summed E-state index contributed by atoms with van der Waals surface area (Å²) in [6, 6.07) is -0.120. The van der Waals surface area contributed by atoms with E-state index in [1.165, 1.54) is 16.7 Å². The van der Waals surface area contributed by atoms with Crippen LogP contribution in [0.25, 0.3) is 0 Å². The summed E-state index contributed by atoms with van der Waals surface area (Å²) in [5.74, 6) is 0. The van der Waals surface area contributed by atoms with Crippen molar-refractivity contribution in [3.05, 3.63) is 0 Å². The number of sulfonamides is 1. The lowest BCUT2D eigenvalue weighted by Gasteiger charge is -2.35. The molecule has 0 saturated carbocycles. The van der Waals surface area contributed by atoms with Crippen LogP contribution in [0, 0.1) is 0 Å². The number of hydrogen-bond donors (Lipinski definition) is 2. The van der Waals surface area contributed by atoms with E-state index < -0.39 is 21.6 Å². The molecule has 7 nitrogen and oxygen atoms in total. The fraction of sp³-hybridized carbons (Fsp3) is 0.900. The van der Waals surface area contributed by atoms with Gasteiger partial charge in [-0.25, -0.2) is 17.9 Å². The van der Waals surface area contributed by atoms with Crippen molar-refractivity contribution in [3.8, 4) is 0 Å². The van der Waals surface area contributed by atoms with Gasteiger partial charge in [-0.1, -0.05) is 0 Å². The highest BCUT2D eigenvalue weighted by molar-refractivity contribution is 7.90. The third-order valence-corrected chi connectivity index (χ3v) is 4.62. The fourth-order valence-corrected chi connectivity index (χ4v) is 2.63. The molecule has 0 atom stereocenters. The molecular weight excluding hydrogens is 315 g/mol.